The normalized spacial score (nSPS) is 30.0. The molecule has 1 fully saturated rings. The highest BCUT2D eigenvalue weighted by Crippen LogP contribution is 2.32. The molecule has 1 aliphatic heterocycles. The second-order valence-electron chi connectivity index (χ2n) is 4.52. The molecule has 5 N–H and O–H groups in total. The second-order valence-corrected chi connectivity index (χ2v) is 4.52. The van der Waals surface area contributed by atoms with Gasteiger partial charge in [-0.05, 0) is 6.07 Å². The smallest absolute Gasteiger partial charge is 0.164 e. The second kappa shape index (κ2) is 4.96. The highest BCUT2D eigenvalue weighted by Gasteiger charge is 2.43. The average molecular weight is 282 g/mol. The molecule has 0 amide bonds. The van der Waals surface area contributed by atoms with Crippen LogP contribution in [0.3, 0.4) is 0 Å². The maximum Gasteiger partial charge on any atom is 0.164 e. The fourth-order valence-electron chi connectivity index (χ4n) is 2.38. The van der Waals surface area contributed by atoms with E-state index in [0.717, 1.165) is 0 Å². The minimum atomic E-state index is -1.19. The molecule has 0 aromatic carbocycles. The van der Waals surface area contributed by atoms with Gasteiger partial charge in [0.05, 0.1) is 12.0 Å². The van der Waals surface area contributed by atoms with E-state index in [1.165, 1.54) is 10.9 Å². The van der Waals surface area contributed by atoms with Crippen LogP contribution in [0.25, 0.3) is 11.0 Å². The molecule has 0 saturated carbocycles. The van der Waals surface area contributed by atoms with Crippen LogP contribution in [0.5, 0.6) is 0 Å². The van der Waals surface area contributed by atoms with Gasteiger partial charge >= 0.3 is 0 Å². The standard InChI is InChI=1S/C11H14N4O5/c16-3-6-7(17)8(18)11(20-6)15-2-1-5-9(14-19)12-4-13-10(5)15/h1-2,4,6-8,11,16-19H,3H2,(H,12,13,14)/t6-,7-,8-,11?/m1/s1. The van der Waals surface area contributed by atoms with Crippen molar-refractivity contribution in [2.75, 3.05) is 12.1 Å². The van der Waals surface area contributed by atoms with E-state index in [-0.39, 0.29) is 5.82 Å². The van der Waals surface area contributed by atoms with Crippen LogP contribution < -0.4 is 5.48 Å². The van der Waals surface area contributed by atoms with Crippen LogP contribution in [0.1, 0.15) is 6.23 Å². The summed E-state index contributed by atoms with van der Waals surface area (Å²) in [4.78, 5) is 7.92. The van der Waals surface area contributed by atoms with E-state index in [4.69, 9.17) is 15.1 Å². The van der Waals surface area contributed by atoms with Gasteiger partial charge in [-0.25, -0.2) is 9.97 Å². The number of aromatic nitrogens is 3. The summed E-state index contributed by atoms with van der Waals surface area (Å²) in [5.41, 5.74) is 2.38. The SMILES string of the molecule is OC[C@H]1OC(n2ccc3c(NO)ncnc32)[C@H](O)[C@@H]1O. The number of nitrogens with one attached hydrogen (secondary N) is 1. The molecule has 1 aliphatic rings. The summed E-state index contributed by atoms with van der Waals surface area (Å²) in [6.45, 7) is -0.396. The zero-order valence-electron chi connectivity index (χ0n) is 10.3. The van der Waals surface area contributed by atoms with Crippen molar-refractivity contribution < 1.29 is 25.3 Å². The van der Waals surface area contributed by atoms with Gasteiger partial charge in [-0.3, -0.25) is 10.7 Å². The van der Waals surface area contributed by atoms with Crippen LogP contribution in [0.4, 0.5) is 5.82 Å². The van der Waals surface area contributed by atoms with Gasteiger partial charge in [-0.1, -0.05) is 0 Å². The maximum atomic E-state index is 10.0. The first-order valence-corrected chi connectivity index (χ1v) is 6.01. The van der Waals surface area contributed by atoms with E-state index < -0.39 is 31.1 Å². The fraction of sp³-hybridized carbons (Fsp3) is 0.455. The molecule has 0 radical (unpaired) electrons. The lowest BCUT2D eigenvalue weighted by molar-refractivity contribution is -0.0508. The van der Waals surface area contributed by atoms with E-state index in [0.29, 0.717) is 11.0 Å². The Morgan fingerprint density at radius 2 is 2.10 bits per heavy atom. The number of rotatable bonds is 3. The molecule has 3 rings (SSSR count). The Bertz CT molecular complexity index is 618. The number of aliphatic hydroxyl groups is 3. The minimum absolute atomic E-state index is 0.223. The Balaban J connectivity index is 2.03. The van der Waals surface area contributed by atoms with Crippen molar-refractivity contribution in [3.8, 4) is 0 Å². The van der Waals surface area contributed by atoms with E-state index in [9.17, 15) is 10.2 Å². The van der Waals surface area contributed by atoms with Crippen LogP contribution in [-0.4, -0.2) is 60.0 Å². The van der Waals surface area contributed by atoms with Gasteiger partial charge in [0.2, 0.25) is 0 Å². The van der Waals surface area contributed by atoms with Crippen LogP contribution in [0, 0.1) is 0 Å². The van der Waals surface area contributed by atoms with Crippen molar-refractivity contribution in [3.63, 3.8) is 0 Å². The van der Waals surface area contributed by atoms with E-state index >= 15 is 0 Å². The highest BCUT2D eigenvalue weighted by atomic mass is 16.6. The molecule has 9 nitrogen and oxygen atoms in total. The topological polar surface area (TPSA) is 133 Å². The lowest BCUT2D eigenvalue weighted by Crippen LogP contribution is -2.33. The lowest BCUT2D eigenvalue weighted by atomic mass is 10.1. The summed E-state index contributed by atoms with van der Waals surface area (Å²) in [5.74, 6) is 0.223. The molecule has 4 atom stereocenters. The molecule has 1 saturated heterocycles. The Morgan fingerprint density at radius 1 is 1.30 bits per heavy atom. The predicted molar refractivity (Wildman–Crippen MR) is 65.9 cm³/mol. The van der Waals surface area contributed by atoms with Gasteiger partial charge in [0.1, 0.15) is 30.3 Å². The molecule has 1 unspecified atom stereocenters. The van der Waals surface area contributed by atoms with Gasteiger partial charge in [-0.2, -0.15) is 0 Å². The summed E-state index contributed by atoms with van der Waals surface area (Å²) in [5, 5.41) is 38.4. The number of aliphatic hydroxyl groups excluding tert-OH is 3. The molecule has 2 aromatic heterocycles. The van der Waals surface area contributed by atoms with Crippen LogP contribution >= 0.6 is 0 Å². The first kappa shape index (κ1) is 13.2. The Hall–Kier alpha value is -1.78. The van der Waals surface area contributed by atoms with E-state index in [2.05, 4.69) is 9.97 Å². The predicted octanol–water partition coefficient (Wildman–Crippen LogP) is -1.16. The number of hydrogen-bond donors (Lipinski definition) is 5. The van der Waals surface area contributed by atoms with Crippen molar-refractivity contribution in [3.05, 3.63) is 18.6 Å². The summed E-state index contributed by atoms with van der Waals surface area (Å²) in [6, 6.07) is 1.64. The average Bonchev–Trinajstić information content (AvgIpc) is 3.01. The highest BCUT2D eigenvalue weighted by molar-refractivity contribution is 5.86. The van der Waals surface area contributed by atoms with Gasteiger partial charge in [0.15, 0.2) is 12.0 Å². The monoisotopic (exact) mass is 282 g/mol. The molecule has 0 spiro atoms. The van der Waals surface area contributed by atoms with Gasteiger partial charge in [0, 0.05) is 6.20 Å². The Kier molecular flexibility index (Phi) is 3.28. The number of ether oxygens (including phenoxy) is 1. The van der Waals surface area contributed by atoms with E-state index in [1.807, 2.05) is 5.48 Å². The molecule has 20 heavy (non-hydrogen) atoms. The third-order valence-corrected chi connectivity index (χ3v) is 3.41. The molecule has 2 aromatic rings. The van der Waals surface area contributed by atoms with Crippen LogP contribution in [-0.2, 0) is 4.74 Å². The van der Waals surface area contributed by atoms with Gasteiger partial charge < -0.3 is 24.6 Å². The minimum Gasteiger partial charge on any atom is -0.394 e. The Morgan fingerprint density at radius 3 is 2.75 bits per heavy atom. The number of nitrogens with zero attached hydrogens (tertiary/aromatic N) is 3. The summed E-state index contributed by atoms with van der Waals surface area (Å²) in [6.07, 6.45) is -1.26. The Labute approximate surface area is 113 Å². The van der Waals surface area contributed by atoms with Crippen molar-refractivity contribution >= 4 is 16.9 Å². The first-order valence-electron chi connectivity index (χ1n) is 6.01. The summed E-state index contributed by atoms with van der Waals surface area (Å²) >= 11 is 0. The van der Waals surface area contributed by atoms with Crippen LogP contribution in [0.2, 0.25) is 0 Å². The maximum absolute atomic E-state index is 10.0. The third-order valence-electron chi connectivity index (χ3n) is 3.41. The molecule has 0 aliphatic carbocycles. The van der Waals surface area contributed by atoms with Crippen LogP contribution in [0.15, 0.2) is 18.6 Å². The van der Waals surface area contributed by atoms with Gasteiger partial charge in [0.25, 0.3) is 0 Å². The van der Waals surface area contributed by atoms with Crippen molar-refractivity contribution in [1.82, 2.24) is 14.5 Å². The molecule has 108 valence electrons. The summed E-state index contributed by atoms with van der Waals surface area (Å²) < 4.78 is 6.95. The molecule has 3 heterocycles. The lowest BCUT2D eigenvalue weighted by Gasteiger charge is -2.17. The largest absolute Gasteiger partial charge is 0.394 e. The van der Waals surface area contributed by atoms with Crippen molar-refractivity contribution in [1.29, 1.82) is 0 Å². The summed E-state index contributed by atoms with van der Waals surface area (Å²) in [7, 11) is 0. The number of anilines is 1. The molecule has 0 bridgehead atoms. The van der Waals surface area contributed by atoms with Crippen molar-refractivity contribution in [2.24, 2.45) is 0 Å². The van der Waals surface area contributed by atoms with Crippen molar-refractivity contribution in [2.45, 2.75) is 24.5 Å². The fourth-order valence-corrected chi connectivity index (χ4v) is 2.38. The third kappa shape index (κ3) is 1.84. The zero-order valence-corrected chi connectivity index (χ0v) is 10.3. The number of fused-ring (bicyclic) bond motifs is 1. The van der Waals surface area contributed by atoms with E-state index in [1.54, 1.807) is 12.3 Å². The van der Waals surface area contributed by atoms with Gasteiger partial charge in [-0.15, -0.1) is 0 Å². The molecule has 9 heteroatoms. The first-order chi connectivity index (χ1) is 9.67. The molecular weight excluding hydrogens is 268 g/mol. The zero-order chi connectivity index (χ0) is 14.3. The number of hydrogen-bond acceptors (Lipinski definition) is 8. The molecular formula is C11H14N4O5. The quantitative estimate of drug-likeness (QED) is 0.445.